The van der Waals surface area contributed by atoms with Crippen molar-refractivity contribution >= 4 is 29.5 Å². The summed E-state index contributed by atoms with van der Waals surface area (Å²) in [6, 6.07) is 21.0. The van der Waals surface area contributed by atoms with E-state index in [1.54, 1.807) is 25.9 Å². The van der Waals surface area contributed by atoms with Crippen LogP contribution in [0.3, 0.4) is 0 Å². The fraction of sp³-hybridized carbons (Fsp3) is 0.361. The Morgan fingerprint density at radius 3 is 2.11 bits per heavy atom. The van der Waals surface area contributed by atoms with Gasteiger partial charge in [0, 0.05) is 78.0 Å². The number of hydrogen-bond donors (Lipinski definition) is 1. The summed E-state index contributed by atoms with van der Waals surface area (Å²) in [4.78, 5) is 46.8. The van der Waals surface area contributed by atoms with Crippen molar-refractivity contribution in [2.24, 2.45) is 0 Å². The van der Waals surface area contributed by atoms with Crippen molar-refractivity contribution in [3.05, 3.63) is 107 Å². The SMILES string of the molecule is CNCCN(C)C(=O)C(Cc1ccccc1)N(Cc1ccc(N2CCN(C(C)=O)CC2)cc1)C(=O)C=Cc1ccc(C(F)(F)F)cc1. The lowest BCUT2D eigenvalue weighted by Crippen LogP contribution is -2.51. The van der Waals surface area contributed by atoms with Crippen molar-refractivity contribution < 1.29 is 27.6 Å². The average molecular weight is 650 g/mol. The van der Waals surface area contributed by atoms with Gasteiger partial charge in [-0.15, -0.1) is 0 Å². The fourth-order valence-corrected chi connectivity index (χ4v) is 5.49. The van der Waals surface area contributed by atoms with Crippen molar-refractivity contribution in [2.75, 3.05) is 58.3 Å². The van der Waals surface area contributed by atoms with Crippen LogP contribution in [0.4, 0.5) is 18.9 Å². The number of amides is 3. The topological polar surface area (TPSA) is 76.2 Å². The Morgan fingerprint density at radius 1 is 0.894 bits per heavy atom. The van der Waals surface area contributed by atoms with Crippen molar-refractivity contribution in [3.63, 3.8) is 0 Å². The number of carbonyl (C=O) groups is 3. The maximum atomic E-state index is 14.0. The predicted octanol–water partition coefficient (Wildman–Crippen LogP) is 4.71. The molecular formula is C36H42F3N5O3. The van der Waals surface area contributed by atoms with Crippen LogP contribution < -0.4 is 10.2 Å². The van der Waals surface area contributed by atoms with Crippen molar-refractivity contribution in [1.82, 2.24) is 20.0 Å². The molecule has 1 unspecified atom stereocenters. The number of halogens is 3. The first kappa shape index (κ1) is 35.2. The molecule has 11 heteroatoms. The zero-order chi connectivity index (χ0) is 34.0. The number of hydrogen-bond acceptors (Lipinski definition) is 5. The van der Waals surface area contributed by atoms with Gasteiger partial charge in [-0.05, 0) is 54.1 Å². The van der Waals surface area contributed by atoms with Crippen LogP contribution in [0.5, 0.6) is 0 Å². The molecule has 4 rings (SSSR count). The molecule has 1 fully saturated rings. The molecule has 8 nitrogen and oxygen atoms in total. The quantitative estimate of drug-likeness (QED) is 0.288. The summed E-state index contributed by atoms with van der Waals surface area (Å²) in [5.74, 6) is -0.598. The maximum Gasteiger partial charge on any atom is 0.416 e. The largest absolute Gasteiger partial charge is 0.416 e. The van der Waals surface area contributed by atoms with Gasteiger partial charge in [-0.25, -0.2) is 0 Å². The van der Waals surface area contributed by atoms with Crippen LogP contribution in [-0.4, -0.2) is 91.8 Å². The number of anilines is 1. The molecule has 3 aromatic rings. The zero-order valence-corrected chi connectivity index (χ0v) is 27.0. The molecule has 1 heterocycles. The Kier molecular flexibility index (Phi) is 12.2. The molecule has 0 spiro atoms. The normalized spacial score (nSPS) is 14.3. The minimum absolute atomic E-state index is 0.0633. The number of benzene rings is 3. The molecule has 0 aromatic heterocycles. The molecule has 1 aliphatic rings. The van der Waals surface area contributed by atoms with E-state index >= 15 is 0 Å². The molecule has 47 heavy (non-hydrogen) atoms. The van der Waals surface area contributed by atoms with Crippen LogP contribution >= 0.6 is 0 Å². The minimum Gasteiger partial charge on any atom is -0.368 e. The van der Waals surface area contributed by atoms with Crippen LogP contribution in [0.1, 0.15) is 29.2 Å². The maximum absolute atomic E-state index is 14.0. The molecule has 3 amide bonds. The molecule has 1 N–H and O–H groups in total. The summed E-state index contributed by atoms with van der Waals surface area (Å²) < 4.78 is 39.2. The second-order valence-electron chi connectivity index (χ2n) is 11.6. The number of piperazine rings is 1. The second-order valence-corrected chi connectivity index (χ2v) is 11.6. The summed E-state index contributed by atoms with van der Waals surface area (Å²) >= 11 is 0. The van der Waals surface area contributed by atoms with Crippen molar-refractivity contribution in [2.45, 2.75) is 32.1 Å². The Morgan fingerprint density at radius 2 is 1.53 bits per heavy atom. The van der Waals surface area contributed by atoms with Gasteiger partial charge in [0.05, 0.1) is 5.56 Å². The molecular weight excluding hydrogens is 607 g/mol. The zero-order valence-electron chi connectivity index (χ0n) is 27.0. The fourth-order valence-electron chi connectivity index (χ4n) is 5.49. The molecule has 1 saturated heterocycles. The van der Waals surface area contributed by atoms with Gasteiger partial charge in [0.2, 0.25) is 17.7 Å². The first-order valence-corrected chi connectivity index (χ1v) is 15.6. The van der Waals surface area contributed by atoms with Gasteiger partial charge in [-0.2, -0.15) is 13.2 Å². The van der Waals surface area contributed by atoms with Crippen molar-refractivity contribution in [3.8, 4) is 0 Å². The molecule has 1 atom stereocenters. The molecule has 250 valence electrons. The average Bonchev–Trinajstić information content (AvgIpc) is 3.08. The molecule has 0 radical (unpaired) electrons. The van der Waals surface area contributed by atoms with Gasteiger partial charge in [0.25, 0.3) is 0 Å². The van der Waals surface area contributed by atoms with Crippen LogP contribution in [0.15, 0.2) is 84.9 Å². The summed E-state index contributed by atoms with van der Waals surface area (Å²) in [5, 5.41) is 3.05. The lowest BCUT2D eigenvalue weighted by Gasteiger charge is -2.36. The number of alkyl halides is 3. The van der Waals surface area contributed by atoms with E-state index in [1.807, 2.05) is 59.5 Å². The molecule has 0 bridgehead atoms. The van der Waals surface area contributed by atoms with Crippen molar-refractivity contribution in [1.29, 1.82) is 0 Å². The van der Waals surface area contributed by atoms with Gasteiger partial charge in [0.1, 0.15) is 6.04 Å². The van der Waals surface area contributed by atoms with E-state index in [4.69, 9.17) is 0 Å². The van der Waals surface area contributed by atoms with E-state index < -0.39 is 23.7 Å². The first-order valence-electron chi connectivity index (χ1n) is 15.6. The lowest BCUT2D eigenvalue weighted by atomic mass is 10.0. The third-order valence-electron chi connectivity index (χ3n) is 8.33. The summed E-state index contributed by atoms with van der Waals surface area (Å²) in [7, 11) is 3.51. The Hall–Kier alpha value is -4.64. The van der Waals surface area contributed by atoms with E-state index in [0.717, 1.165) is 28.9 Å². The summed E-state index contributed by atoms with van der Waals surface area (Å²) in [6.45, 7) is 5.45. The van der Waals surface area contributed by atoms with Crippen LogP contribution in [0.2, 0.25) is 0 Å². The highest BCUT2D eigenvalue weighted by Crippen LogP contribution is 2.29. The molecule has 0 saturated carbocycles. The van der Waals surface area contributed by atoms with E-state index in [0.29, 0.717) is 44.8 Å². The molecule has 1 aliphatic heterocycles. The first-order chi connectivity index (χ1) is 22.5. The highest BCUT2D eigenvalue weighted by atomic mass is 19.4. The van der Waals surface area contributed by atoms with Gasteiger partial charge >= 0.3 is 6.18 Å². The Labute approximate surface area is 274 Å². The number of nitrogens with zero attached hydrogens (tertiary/aromatic N) is 4. The van der Waals surface area contributed by atoms with E-state index in [1.165, 1.54) is 29.2 Å². The summed E-state index contributed by atoms with van der Waals surface area (Å²) in [5.41, 5.74) is 2.36. The molecule has 0 aliphatic carbocycles. The van der Waals surface area contributed by atoms with Gasteiger partial charge < -0.3 is 24.9 Å². The predicted molar refractivity (Wildman–Crippen MR) is 177 cm³/mol. The second kappa shape index (κ2) is 16.3. The Balaban J connectivity index is 1.63. The van der Waals surface area contributed by atoms with E-state index in [-0.39, 0.29) is 24.8 Å². The standard InChI is InChI=1S/C36H42F3N5O3/c1-27(45)42-21-23-43(24-22-42)32-16-11-30(12-17-32)26-44(34(46)18-13-28-9-14-31(15-10-28)36(37,38)39)33(25-29-7-5-4-6-8-29)35(47)41(3)20-19-40-2/h4-18,33,40H,19-26H2,1-3H3. The lowest BCUT2D eigenvalue weighted by molar-refractivity contribution is -0.143. The van der Waals surface area contributed by atoms with E-state index in [2.05, 4.69) is 10.2 Å². The van der Waals surface area contributed by atoms with Crippen LogP contribution in [-0.2, 0) is 33.5 Å². The Bertz CT molecular complexity index is 1500. The monoisotopic (exact) mass is 649 g/mol. The molecule has 3 aromatic carbocycles. The number of rotatable bonds is 12. The summed E-state index contributed by atoms with van der Waals surface area (Å²) in [6.07, 6.45) is -1.40. The third-order valence-corrected chi connectivity index (χ3v) is 8.33. The van der Waals surface area contributed by atoms with E-state index in [9.17, 15) is 27.6 Å². The third kappa shape index (κ3) is 9.92. The number of carbonyl (C=O) groups excluding carboxylic acids is 3. The van der Waals surface area contributed by atoms with Gasteiger partial charge in [-0.1, -0.05) is 54.6 Å². The smallest absolute Gasteiger partial charge is 0.368 e. The number of likely N-dealkylation sites (N-methyl/N-ethyl adjacent to an activating group) is 2. The minimum atomic E-state index is -4.46. The van der Waals surface area contributed by atoms with Gasteiger partial charge in [0.15, 0.2) is 0 Å². The number of nitrogens with one attached hydrogen (secondary N) is 1. The highest BCUT2D eigenvalue weighted by molar-refractivity contribution is 5.95. The van der Waals surface area contributed by atoms with Crippen LogP contribution in [0, 0.1) is 0 Å². The van der Waals surface area contributed by atoms with Crippen LogP contribution in [0.25, 0.3) is 6.08 Å². The van der Waals surface area contributed by atoms with Gasteiger partial charge in [-0.3, -0.25) is 14.4 Å². The highest BCUT2D eigenvalue weighted by Gasteiger charge is 2.32.